The van der Waals surface area contributed by atoms with Crippen LogP contribution in [0.3, 0.4) is 0 Å². The van der Waals surface area contributed by atoms with Crippen molar-refractivity contribution in [2.45, 2.75) is 45.7 Å². The molecule has 0 N–H and O–H groups in total. The number of hydrogen-bond donors (Lipinski definition) is 0. The van der Waals surface area contributed by atoms with E-state index in [0.29, 0.717) is 23.7 Å². The number of benzene rings is 1. The van der Waals surface area contributed by atoms with Gasteiger partial charge in [0.15, 0.2) is 5.67 Å². The van der Waals surface area contributed by atoms with Crippen molar-refractivity contribution in [1.29, 1.82) is 0 Å². The van der Waals surface area contributed by atoms with Crippen molar-refractivity contribution in [1.82, 2.24) is 4.90 Å². The van der Waals surface area contributed by atoms with E-state index in [4.69, 9.17) is 4.74 Å². The summed E-state index contributed by atoms with van der Waals surface area (Å²) >= 11 is 0. The summed E-state index contributed by atoms with van der Waals surface area (Å²) in [4.78, 5) is 6.18. The smallest absolute Gasteiger partial charge is 0.422 e. The fourth-order valence-corrected chi connectivity index (χ4v) is 1.94. The molecular weight excluding hydrogens is 343 g/mol. The molecule has 0 aliphatic rings. The van der Waals surface area contributed by atoms with Crippen LogP contribution in [0.5, 0.6) is 5.75 Å². The Bertz CT molecular complexity index is 614. The lowest BCUT2D eigenvalue weighted by molar-refractivity contribution is -0.217. The van der Waals surface area contributed by atoms with Gasteiger partial charge in [0, 0.05) is 13.6 Å². The quantitative estimate of drug-likeness (QED) is 0.389. The first-order valence-electron chi connectivity index (χ1n) is 7.76. The second-order valence-corrected chi connectivity index (χ2v) is 6.19. The molecule has 0 aromatic heterocycles. The Morgan fingerprint density at radius 3 is 2.32 bits per heavy atom. The molecule has 0 aliphatic carbocycles. The van der Waals surface area contributed by atoms with Gasteiger partial charge in [-0.2, -0.15) is 13.2 Å². The fraction of sp³-hybridized carbons (Fsp3) is 0.588. The molecule has 0 saturated carbocycles. The van der Waals surface area contributed by atoms with Crippen molar-refractivity contribution in [3.05, 3.63) is 23.3 Å². The monoisotopic (exact) mass is 366 g/mol. The normalized spacial score (nSPS) is 15.9. The molecule has 25 heavy (non-hydrogen) atoms. The minimum absolute atomic E-state index is 0.193. The first kappa shape index (κ1) is 21.2. The van der Waals surface area contributed by atoms with Gasteiger partial charge in [0.05, 0.1) is 12.0 Å². The molecule has 0 saturated heterocycles. The Labute approximate surface area is 144 Å². The fourth-order valence-electron chi connectivity index (χ4n) is 1.94. The molecule has 0 radical (unpaired) electrons. The van der Waals surface area contributed by atoms with Crippen LogP contribution in [0.25, 0.3) is 0 Å². The molecule has 3 nitrogen and oxygen atoms in total. The van der Waals surface area contributed by atoms with Crippen LogP contribution in [0.4, 0.5) is 27.6 Å². The van der Waals surface area contributed by atoms with Crippen LogP contribution in [0.1, 0.15) is 25.0 Å². The Balaban J connectivity index is 2.91. The molecule has 0 fully saturated rings. The predicted molar refractivity (Wildman–Crippen MR) is 88.3 cm³/mol. The zero-order valence-electron chi connectivity index (χ0n) is 14.9. The van der Waals surface area contributed by atoms with E-state index >= 15 is 0 Å². The van der Waals surface area contributed by atoms with Crippen LogP contribution in [-0.4, -0.2) is 49.5 Å². The van der Waals surface area contributed by atoms with Gasteiger partial charge in [-0.25, -0.2) is 13.8 Å². The third-order valence-electron chi connectivity index (χ3n) is 3.71. The average Bonchev–Trinajstić information content (AvgIpc) is 2.51. The standard InChI is InChI=1S/C17H23F5N2O/c1-6-24(5)10-23-13-7-12(3)14(8-11(13)2)25-9-16(4,19)15(18)17(20,21)22/h7-8,10,15H,6,9H2,1-5H3. The van der Waals surface area contributed by atoms with Crippen molar-refractivity contribution >= 4 is 12.0 Å². The highest BCUT2D eigenvalue weighted by Gasteiger charge is 2.53. The van der Waals surface area contributed by atoms with Gasteiger partial charge in [-0.15, -0.1) is 0 Å². The maximum absolute atomic E-state index is 14.0. The Morgan fingerprint density at radius 2 is 1.80 bits per heavy atom. The minimum Gasteiger partial charge on any atom is -0.490 e. The Morgan fingerprint density at radius 1 is 1.20 bits per heavy atom. The number of hydrogen-bond acceptors (Lipinski definition) is 2. The molecule has 0 heterocycles. The summed E-state index contributed by atoms with van der Waals surface area (Å²) in [5, 5.41) is 0. The summed E-state index contributed by atoms with van der Waals surface area (Å²) in [6.45, 7) is 5.63. The SMILES string of the molecule is CCN(C)C=Nc1cc(C)c(OCC(C)(F)C(F)C(F)(F)F)cc1C. The van der Waals surface area contributed by atoms with Crippen LogP contribution < -0.4 is 4.74 Å². The molecule has 142 valence electrons. The van der Waals surface area contributed by atoms with Crippen molar-refractivity contribution in [3.63, 3.8) is 0 Å². The maximum atomic E-state index is 14.0. The maximum Gasteiger partial charge on any atom is 0.422 e. The summed E-state index contributed by atoms with van der Waals surface area (Å²) < 4.78 is 69.4. The van der Waals surface area contributed by atoms with Crippen LogP contribution in [0, 0.1) is 13.8 Å². The topological polar surface area (TPSA) is 24.8 Å². The highest BCUT2D eigenvalue weighted by Crippen LogP contribution is 2.35. The first-order valence-corrected chi connectivity index (χ1v) is 7.76. The van der Waals surface area contributed by atoms with E-state index in [1.54, 1.807) is 32.3 Å². The minimum atomic E-state index is -5.28. The molecule has 0 bridgehead atoms. The first-order chi connectivity index (χ1) is 11.4. The zero-order chi connectivity index (χ0) is 19.4. The molecule has 2 atom stereocenters. The van der Waals surface area contributed by atoms with E-state index in [9.17, 15) is 22.0 Å². The van der Waals surface area contributed by atoms with Gasteiger partial charge in [-0.05, 0) is 51.0 Å². The van der Waals surface area contributed by atoms with Crippen molar-refractivity contribution in [2.24, 2.45) is 4.99 Å². The summed E-state index contributed by atoms with van der Waals surface area (Å²) in [7, 11) is 1.86. The van der Waals surface area contributed by atoms with Gasteiger partial charge < -0.3 is 9.64 Å². The van der Waals surface area contributed by atoms with Gasteiger partial charge >= 0.3 is 6.18 Å². The van der Waals surface area contributed by atoms with Crippen LogP contribution in [0.15, 0.2) is 17.1 Å². The lowest BCUT2D eigenvalue weighted by Crippen LogP contribution is -2.46. The van der Waals surface area contributed by atoms with Crippen molar-refractivity contribution in [3.8, 4) is 5.75 Å². The van der Waals surface area contributed by atoms with Crippen molar-refractivity contribution in [2.75, 3.05) is 20.2 Å². The molecule has 0 aliphatic heterocycles. The van der Waals surface area contributed by atoms with Crippen LogP contribution >= 0.6 is 0 Å². The van der Waals surface area contributed by atoms with Gasteiger partial charge in [-0.1, -0.05) is 0 Å². The summed E-state index contributed by atoms with van der Waals surface area (Å²) in [6, 6.07) is 3.22. The molecule has 0 amide bonds. The highest BCUT2D eigenvalue weighted by atomic mass is 19.4. The van der Waals surface area contributed by atoms with Gasteiger partial charge in [0.1, 0.15) is 12.4 Å². The molecule has 1 aromatic carbocycles. The molecule has 0 spiro atoms. The molecule has 2 unspecified atom stereocenters. The van der Waals surface area contributed by atoms with Gasteiger partial charge in [0.2, 0.25) is 6.17 Å². The van der Waals surface area contributed by atoms with Crippen molar-refractivity contribution < 1.29 is 26.7 Å². The predicted octanol–water partition coefficient (Wildman–Crippen LogP) is 4.92. The lowest BCUT2D eigenvalue weighted by Gasteiger charge is -2.26. The van der Waals surface area contributed by atoms with E-state index in [1.165, 1.54) is 0 Å². The van der Waals surface area contributed by atoms with E-state index in [-0.39, 0.29) is 5.75 Å². The number of halogens is 5. The number of alkyl halides is 5. The summed E-state index contributed by atoms with van der Waals surface area (Å²) in [5.74, 6) is 0.193. The molecule has 8 heteroatoms. The van der Waals surface area contributed by atoms with Gasteiger partial charge in [0.25, 0.3) is 0 Å². The van der Waals surface area contributed by atoms with E-state index < -0.39 is 24.6 Å². The Kier molecular flexibility index (Phi) is 6.79. The van der Waals surface area contributed by atoms with Gasteiger partial charge in [-0.3, -0.25) is 0 Å². The molecule has 1 aromatic rings. The third-order valence-corrected chi connectivity index (χ3v) is 3.71. The summed E-state index contributed by atoms with van der Waals surface area (Å²) in [6.07, 6.45) is -7.24. The largest absolute Gasteiger partial charge is 0.490 e. The second kappa shape index (κ2) is 8.01. The number of rotatable bonds is 7. The number of aryl methyl sites for hydroxylation is 2. The van der Waals surface area contributed by atoms with E-state index in [1.807, 2.05) is 18.9 Å². The van der Waals surface area contributed by atoms with E-state index in [0.717, 1.165) is 6.54 Å². The molecular formula is C17H23F5N2O. The molecule has 1 rings (SSSR count). The highest BCUT2D eigenvalue weighted by molar-refractivity contribution is 5.64. The number of ether oxygens (including phenoxy) is 1. The average molecular weight is 366 g/mol. The lowest BCUT2D eigenvalue weighted by atomic mass is 10.0. The third kappa shape index (κ3) is 5.86. The van der Waals surface area contributed by atoms with Crippen LogP contribution in [-0.2, 0) is 0 Å². The zero-order valence-corrected chi connectivity index (χ0v) is 14.9. The Hall–Kier alpha value is -1.86. The number of aliphatic imine (C=N–C) groups is 1. The van der Waals surface area contributed by atoms with Crippen LogP contribution in [0.2, 0.25) is 0 Å². The summed E-state index contributed by atoms with van der Waals surface area (Å²) in [5.41, 5.74) is -1.25. The van der Waals surface area contributed by atoms with E-state index in [2.05, 4.69) is 4.99 Å². The second-order valence-electron chi connectivity index (χ2n) is 6.19. The number of nitrogens with zero attached hydrogens (tertiary/aromatic N) is 2.